The molecule has 0 aromatic carbocycles. The van der Waals surface area contributed by atoms with Gasteiger partial charge in [-0.3, -0.25) is 4.79 Å². The van der Waals surface area contributed by atoms with Gasteiger partial charge in [-0.1, -0.05) is 25.9 Å². The molecule has 0 saturated carbocycles. The number of carbonyl (C=O) groups is 1. The Hall–Kier alpha value is -1.47. The average Bonchev–Trinajstić information content (AvgIpc) is 3.03. The Morgan fingerprint density at radius 3 is 2.61 bits per heavy atom. The minimum atomic E-state index is -0.272. The number of nitrogens with zero attached hydrogens (tertiary/aromatic N) is 2. The number of rotatable bonds is 7. The summed E-state index contributed by atoms with van der Waals surface area (Å²) in [5, 5.41) is 7.10. The second-order valence-corrected chi connectivity index (χ2v) is 6.44. The molecule has 1 aromatic rings. The monoisotopic (exact) mass is 325 g/mol. The molecule has 1 aliphatic rings. The summed E-state index contributed by atoms with van der Waals surface area (Å²) >= 11 is 0. The minimum absolute atomic E-state index is 0.0624. The van der Waals surface area contributed by atoms with Gasteiger partial charge in [0.1, 0.15) is 6.04 Å². The summed E-state index contributed by atoms with van der Waals surface area (Å²) < 4.78 is 15.9. The van der Waals surface area contributed by atoms with Gasteiger partial charge < -0.3 is 19.3 Å². The van der Waals surface area contributed by atoms with Crippen LogP contribution in [0.3, 0.4) is 0 Å². The van der Waals surface area contributed by atoms with Crippen molar-refractivity contribution in [3.8, 4) is 0 Å². The second-order valence-electron chi connectivity index (χ2n) is 6.44. The Bertz CT molecular complexity index is 497. The van der Waals surface area contributed by atoms with Gasteiger partial charge in [-0.05, 0) is 18.8 Å². The van der Waals surface area contributed by atoms with E-state index in [4.69, 9.17) is 14.0 Å². The minimum Gasteiger partial charge on any atom is -0.384 e. The predicted molar refractivity (Wildman–Crippen MR) is 83.9 cm³/mol. The van der Waals surface area contributed by atoms with E-state index in [0.29, 0.717) is 31.5 Å². The molecule has 0 unspecified atom stereocenters. The van der Waals surface area contributed by atoms with E-state index < -0.39 is 0 Å². The van der Waals surface area contributed by atoms with Gasteiger partial charge in [0.25, 0.3) is 0 Å². The number of hydrogen-bond acceptors (Lipinski definition) is 6. The van der Waals surface area contributed by atoms with Crippen LogP contribution in [0.5, 0.6) is 0 Å². The van der Waals surface area contributed by atoms with E-state index >= 15 is 0 Å². The molecule has 0 aliphatic carbocycles. The Labute approximate surface area is 137 Å². The fourth-order valence-corrected chi connectivity index (χ4v) is 2.66. The standard InChI is InChI=1S/C16H27N3O4/c1-10(2)14-18-16(23-19-14)13(12-5-7-22-8-6-12)17-15(20)11(3)9-21-4/h10-13H,5-9H2,1-4H3,(H,17,20)/t11-,13-/m0/s1. The summed E-state index contributed by atoms with van der Waals surface area (Å²) in [6, 6.07) is -0.272. The summed E-state index contributed by atoms with van der Waals surface area (Å²) in [7, 11) is 1.59. The molecule has 1 saturated heterocycles. The number of hydrogen-bond donors (Lipinski definition) is 1. The second kappa shape index (κ2) is 8.40. The highest BCUT2D eigenvalue weighted by atomic mass is 16.5. The van der Waals surface area contributed by atoms with Crippen molar-refractivity contribution in [2.75, 3.05) is 26.9 Å². The first-order chi connectivity index (χ1) is 11.0. The highest BCUT2D eigenvalue weighted by Crippen LogP contribution is 2.30. The largest absolute Gasteiger partial charge is 0.384 e. The van der Waals surface area contributed by atoms with E-state index in [9.17, 15) is 4.79 Å². The molecule has 130 valence electrons. The van der Waals surface area contributed by atoms with Gasteiger partial charge in [-0.2, -0.15) is 4.98 Å². The first-order valence-electron chi connectivity index (χ1n) is 8.23. The lowest BCUT2D eigenvalue weighted by Gasteiger charge is -2.29. The number of amides is 1. The number of carbonyl (C=O) groups excluding carboxylic acids is 1. The molecule has 2 rings (SSSR count). The lowest BCUT2D eigenvalue weighted by Crippen LogP contribution is -2.39. The van der Waals surface area contributed by atoms with Gasteiger partial charge in [0, 0.05) is 26.2 Å². The molecule has 0 radical (unpaired) electrons. The van der Waals surface area contributed by atoms with Crippen LogP contribution in [0, 0.1) is 11.8 Å². The van der Waals surface area contributed by atoms with E-state index in [0.717, 1.165) is 12.8 Å². The van der Waals surface area contributed by atoms with Gasteiger partial charge in [0.2, 0.25) is 11.8 Å². The van der Waals surface area contributed by atoms with Crippen LogP contribution in [0.15, 0.2) is 4.52 Å². The van der Waals surface area contributed by atoms with Crippen molar-refractivity contribution in [3.63, 3.8) is 0 Å². The number of ether oxygens (including phenoxy) is 2. The smallest absolute Gasteiger partial charge is 0.249 e. The Kier molecular flexibility index (Phi) is 6.53. The molecule has 1 N–H and O–H groups in total. The fraction of sp³-hybridized carbons (Fsp3) is 0.812. The van der Waals surface area contributed by atoms with Crippen LogP contribution in [0.4, 0.5) is 0 Å². The highest BCUT2D eigenvalue weighted by Gasteiger charge is 2.32. The number of nitrogens with one attached hydrogen (secondary N) is 1. The van der Waals surface area contributed by atoms with Crippen LogP contribution >= 0.6 is 0 Å². The van der Waals surface area contributed by atoms with Gasteiger partial charge in [-0.25, -0.2) is 0 Å². The molecule has 23 heavy (non-hydrogen) atoms. The zero-order valence-corrected chi connectivity index (χ0v) is 14.4. The SMILES string of the molecule is COC[C@H](C)C(=O)N[C@H](c1nc(C(C)C)no1)C1CCOCC1. The van der Waals surface area contributed by atoms with Gasteiger partial charge in [-0.15, -0.1) is 0 Å². The molecule has 2 heterocycles. The molecular weight excluding hydrogens is 298 g/mol. The third kappa shape index (κ3) is 4.75. The maximum Gasteiger partial charge on any atom is 0.249 e. The van der Waals surface area contributed by atoms with E-state index in [2.05, 4.69) is 15.5 Å². The fourth-order valence-electron chi connectivity index (χ4n) is 2.66. The molecule has 1 fully saturated rings. The van der Waals surface area contributed by atoms with Gasteiger partial charge in [0.05, 0.1) is 12.5 Å². The van der Waals surface area contributed by atoms with Crippen molar-refractivity contribution in [1.82, 2.24) is 15.5 Å². The van der Waals surface area contributed by atoms with E-state index in [-0.39, 0.29) is 29.7 Å². The molecular formula is C16H27N3O4. The molecule has 0 bridgehead atoms. The van der Waals surface area contributed by atoms with Crippen LogP contribution in [-0.2, 0) is 14.3 Å². The average molecular weight is 325 g/mol. The first kappa shape index (κ1) is 17.9. The Balaban J connectivity index is 2.15. The van der Waals surface area contributed by atoms with Crippen molar-refractivity contribution in [3.05, 3.63) is 11.7 Å². The van der Waals surface area contributed by atoms with Crippen molar-refractivity contribution in [2.24, 2.45) is 11.8 Å². The van der Waals surface area contributed by atoms with E-state index in [1.807, 2.05) is 20.8 Å². The van der Waals surface area contributed by atoms with Crippen LogP contribution in [0.2, 0.25) is 0 Å². The van der Waals surface area contributed by atoms with Gasteiger partial charge >= 0.3 is 0 Å². The van der Waals surface area contributed by atoms with Crippen molar-refractivity contribution < 1.29 is 18.8 Å². The summed E-state index contributed by atoms with van der Waals surface area (Å²) in [5.41, 5.74) is 0. The van der Waals surface area contributed by atoms with Crippen LogP contribution < -0.4 is 5.32 Å². The van der Waals surface area contributed by atoms with E-state index in [1.165, 1.54) is 0 Å². The third-order valence-electron chi connectivity index (χ3n) is 4.14. The topological polar surface area (TPSA) is 86.5 Å². The zero-order valence-electron chi connectivity index (χ0n) is 14.4. The number of methoxy groups -OCH3 is 1. The van der Waals surface area contributed by atoms with Crippen LogP contribution in [0.25, 0.3) is 0 Å². The first-order valence-corrected chi connectivity index (χ1v) is 8.23. The predicted octanol–water partition coefficient (Wildman–Crippen LogP) is 2.06. The molecule has 1 amide bonds. The van der Waals surface area contributed by atoms with Crippen molar-refractivity contribution in [2.45, 2.75) is 45.6 Å². The maximum atomic E-state index is 12.4. The summed E-state index contributed by atoms with van der Waals surface area (Å²) in [4.78, 5) is 16.9. The molecule has 7 nitrogen and oxygen atoms in total. The van der Waals surface area contributed by atoms with Gasteiger partial charge in [0.15, 0.2) is 5.82 Å². The lowest BCUT2D eigenvalue weighted by molar-refractivity contribution is -0.127. The van der Waals surface area contributed by atoms with Crippen LogP contribution in [-0.4, -0.2) is 43.0 Å². The summed E-state index contributed by atoms with van der Waals surface area (Å²) in [6.45, 7) is 7.63. The Morgan fingerprint density at radius 1 is 1.35 bits per heavy atom. The molecule has 7 heteroatoms. The number of aromatic nitrogens is 2. The van der Waals surface area contributed by atoms with Crippen LogP contribution in [0.1, 0.15) is 57.3 Å². The normalized spacial score (nSPS) is 18.8. The Morgan fingerprint density at radius 2 is 2.04 bits per heavy atom. The summed E-state index contributed by atoms with van der Waals surface area (Å²) in [6.07, 6.45) is 1.73. The van der Waals surface area contributed by atoms with Crippen molar-refractivity contribution in [1.29, 1.82) is 0 Å². The zero-order chi connectivity index (χ0) is 16.8. The quantitative estimate of drug-likeness (QED) is 0.826. The van der Waals surface area contributed by atoms with Crippen molar-refractivity contribution >= 4 is 5.91 Å². The highest BCUT2D eigenvalue weighted by molar-refractivity contribution is 5.78. The van der Waals surface area contributed by atoms with E-state index in [1.54, 1.807) is 7.11 Å². The molecule has 2 atom stereocenters. The third-order valence-corrected chi connectivity index (χ3v) is 4.14. The maximum absolute atomic E-state index is 12.4. The molecule has 0 spiro atoms. The molecule has 1 aliphatic heterocycles. The lowest BCUT2D eigenvalue weighted by atomic mass is 9.91. The molecule has 1 aromatic heterocycles. The summed E-state index contributed by atoms with van der Waals surface area (Å²) in [5.74, 6) is 1.28.